The van der Waals surface area contributed by atoms with E-state index < -0.39 is 0 Å². The van der Waals surface area contributed by atoms with Gasteiger partial charge in [-0.2, -0.15) is 0 Å². The number of rotatable bonds is 3. The number of benzene rings is 1. The Labute approximate surface area is 112 Å². The second-order valence-corrected chi connectivity index (χ2v) is 5.24. The number of ether oxygens (including phenoxy) is 1. The fourth-order valence-electron chi connectivity index (χ4n) is 1.57. The number of thiophene rings is 1. The Morgan fingerprint density at radius 3 is 2.71 bits per heavy atom. The van der Waals surface area contributed by atoms with Crippen molar-refractivity contribution in [2.24, 2.45) is 0 Å². The van der Waals surface area contributed by atoms with Gasteiger partial charge in [-0.1, -0.05) is 30.3 Å². The molecule has 2 nitrogen and oxygen atoms in total. The zero-order valence-corrected chi connectivity index (χ0v) is 11.7. The molecule has 0 saturated heterocycles. The monoisotopic (exact) mass is 310 g/mol. The average molecular weight is 311 g/mol. The highest BCUT2D eigenvalue weighted by molar-refractivity contribution is 9.10. The second-order valence-electron chi connectivity index (χ2n) is 3.51. The zero-order chi connectivity index (χ0) is 12.3. The van der Waals surface area contributed by atoms with Gasteiger partial charge in [0.25, 0.3) is 0 Å². The SMILES string of the molecule is COC(=O)Cc1c(Br)csc1-c1ccccc1. The lowest BCUT2D eigenvalue weighted by Gasteiger charge is -2.04. The molecule has 0 aliphatic carbocycles. The first-order valence-electron chi connectivity index (χ1n) is 5.10. The Hall–Kier alpha value is -1.13. The number of halogens is 1. The van der Waals surface area contributed by atoms with Gasteiger partial charge < -0.3 is 4.74 Å². The molecule has 0 N–H and O–H groups in total. The third kappa shape index (κ3) is 2.76. The fourth-order valence-corrected chi connectivity index (χ4v) is 3.28. The van der Waals surface area contributed by atoms with Crippen LogP contribution in [0.25, 0.3) is 10.4 Å². The van der Waals surface area contributed by atoms with Crippen LogP contribution in [0.1, 0.15) is 5.56 Å². The van der Waals surface area contributed by atoms with Crippen LogP contribution in [0.5, 0.6) is 0 Å². The van der Waals surface area contributed by atoms with Crippen molar-refractivity contribution in [2.75, 3.05) is 7.11 Å². The van der Waals surface area contributed by atoms with Gasteiger partial charge >= 0.3 is 5.97 Å². The van der Waals surface area contributed by atoms with Gasteiger partial charge in [0.05, 0.1) is 13.5 Å². The minimum Gasteiger partial charge on any atom is -0.469 e. The molecular formula is C13H11BrO2S. The second kappa shape index (κ2) is 5.47. The molecular weight excluding hydrogens is 300 g/mol. The third-order valence-corrected chi connectivity index (χ3v) is 4.51. The molecule has 0 saturated carbocycles. The van der Waals surface area contributed by atoms with E-state index in [0.29, 0.717) is 6.42 Å². The van der Waals surface area contributed by atoms with Crippen molar-refractivity contribution in [1.29, 1.82) is 0 Å². The van der Waals surface area contributed by atoms with E-state index in [1.165, 1.54) is 7.11 Å². The van der Waals surface area contributed by atoms with E-state index in [-0.39, 0.29) is 5.97 Å². The molecule has 1 heterocycles. The largest absolute Gasteiger partial charge is 0.469 e. The van der Waals surface area contributed by atoms with Gasteiger partial charge in [-0.25, -0.2) is 0 Å². The summed E-state index contributed by atoms with van der Waals surface area (Å²) in [6.07, 6.45) is 0.296. The van der Waals surface area contributed by atoms with Gasteiger partial charge in [-0.3, -0.25) is 4.79 Å². The number of esters is 1. The molecule has 17 heavy (non-hydrogen) atoms. The van der Waals surface area contributed by atoms with Crippen molar-refractivity contribution >= 4 is 33.2 Å². The molecule has 88 valence electrons. The number of hydrogen-bond acceptors (Lipinski definition) is 3. The van der Waals surface area contributed by atoms with Crippen LogP contribution in [0.3, 0.4) is 0 Å². The first-order chi connectivity index (χ1) is 8.22. The first-order valence-corrected chi connectivity index (χ1v) is 6.77. The van der Waals surface area contributed by atoms with Crippen LogP contribution in [0.15, 0.2) is 40.2 Å². The standard InChI is InChI=1S/C13H11BrO2S/c1-16-12(15)7-10-11(14)8-17-13(10)9-5-3-2-4-6-9/h2-6,8H,7H2,1H3. The van der Waals surface area contributed by atoms with Gasteiger partial charge in [0.1, 0.15) is 0 Å². The number of carbonyl (C=O) groups excluding carboxylic acids is 1. The van der Waals surface area contributed by atoms with Crippen molar-refractivity contribution in [3.8, 4) is 10.4 Å². The van der Waals surface area contributed by atoms with E-state index in [1.807, 2.05) is 35.7 Å². The predicted molar refractivity (Wildman–Crippen MR) is 73.2 cm³/mol. The van der Waals surface area contributed by atoms with Crippen LogP contribution in [0, 0.1) is 0 Å². The van der Waals surface area contributed by atoms with Crippen LogP contribution < -0.4 is 0 Å². The summed E-state index contributed by atoms with van der Waals surface area (Å²) in [7, 11) is 1.41. The Bertz CT molecular complexity index is 519. The minimum atomic E-state index is -0.221. The van der Waals surface area contributed by atoms with E-state index in [4.69, 9.17) is 4.74 Å². The fraction of sp³-hybridized carbons (Fsp3) is 0.154. The summed E-state index contributed by atoms with van der Waals surface area (Å²) in [5.41, 5.74) is 2.12. The Kier molecular flexibility index (Phi) is 3.97. The molecule has 2 rings (SSSR count). The molecule has 1 aromatic carbocycles. The van der Waals surface area contributed by atoms with Crippen LogP contribution in [0.4, 0.5) is 0 Å². The van der Waals surface area contributed by atoms with Gasteiger partial charge in [-0.05, 0) is 27.1 Å². The first kappa shape index (κ1) is 12.3. The number of carbonyl (C=O) groups is 1. The Morgan fingerprint density at radius 2 is 2.06 bits per heavy atom. The van der Waals surface area contributed by atoms with Crippen molar-refractivity contribution in [3.05, 3.63) is 45.7 Å². The maximum absolute atomic E-state index is 11.4. The lowest BCUT2D eigenvalue weighted by atomic mass is 10.1. The maximum Gasteiger partial charge on any atom is 0.310 e. The van der Waals surface area contributed by atoms with Gasteiger partial charge in [0.15, 0.2) is 0 Å². The topological polar surface area (TPSA) is 26.3 Å². The Balaban J connectivity index is 2.39. The molecule has 0 bridgehead atoms. The molecule has 1 aromatic heterocycles. The van der Waals surface area contributed by atoms with Crippen LogP contribution in [-0.2, 0) is 16.0 Å². The number of methoxy groups -OCH3 is 1. The summed E-state index contributed by atoms with van der Waals surface area (Å²) >= 11 is 5.10. The number of hydrogen-bond donors (Lipinski definition) is 0. The molecule has 0 unspecified atom stereocenters. The van der Waals surface area contributed by atoms with Gasteiger partial charge in [-0.15, -0.1) is 11.3 Å². The lowest BCUT2D eigenvalue weighted by Crippen LogP contribution is -2.04. The summed E-state index contributed by atoms with van der Waals surface area (Å²) in [5, 5.41) is 2.00. The summed E-state index contributed by atoms with van der Waals surface area (Å²) in [5.74, 6) is -0.221. The molecule has 4 heteroatoms. The average Bonchev–Trinajstić information content (AvgIpc) is 2.72. The summed E-state index contributed by atoms with van der Waals surface area (Å²) in [6.45, 7) is 0. The van der Waals surface area contributed by atoms with Crippen LogP contribution in [0.2, 0.25) is 0 Å². The molecule has 0 fully saturated rings. The zero-order valence-electron chi connectivity index (χ0n) is 9.27. The third-order valence-electron chi connectivity index (χ3n) is 2.43. The normalized spacial score (nSPS) is 10.2. The predicted octanol–water partition coefficient (Wildman–Crippen LogP) is 3.89. The molecule has 0 atom stereocenters. The van der Waals surface area contributed by atoms with Gasteiger partial charge in [0, 0.05) is 14.7 Å². The highest BCUT2D eigenvalue weighted by atomic mass is 79.9. The summed E-state index contributed by atoms with van der Waals surface area (Å²) in [4.78, 5) is 12.5. The van der Waals surface area contributed by atoms with Crippen molar-refractivity contribution in [1.82, 2.24) is 0 Å². The van der Waals surface area contributed by atoms with E-state index in [0.717, 1.165) is 20.5 Å². The van der Waals surface area contributed by atoms with Gasteiger partial charge in [0.2, 0.25) is 0 Å². The lowest BCUT2D eigenvalue weighted by molar-refractivity contribution is -0.139. The van der Waals surface area contributed by atoms with E-state index in [2.05, 4.69) is 15.9 Å². The molecule has 0 radical (unpaired) electrons. The minimum absolute atomic E-state index is 0.221. The summed E-state index contributed by atoms with van der Waals surface area (Å²) in [6, 6.07) is 10.0. The Morgan fingerprint density at radius 1 is 1.35 bits per heavy atom. The molecule has 0 spiro atoms. The smallest absolute Gasteiger partial charge is 0.310 e. The molecule has 0 aliphatic rings. The van der Waals surface area contributed by atoms with Crippen molar-refractivity contribution in [3.63, 3.8) is 0 Å². The van der Waals surface area contributed by atoms with E-state index in [9.17, 15) is 4.79 Å². The van der Waals surface area contributed by atoms with Crippen LogP contribution >= 0.6 is 27.3 Å². The van der Waals surface area contributed by atoms with Crippen molar-refractivity contribution < 1.29 is 9.53 Å². The molecule has 2 aromatic rings. The summed E-state index contributed by atoms with van der Waals surface area (Å²) < 4.78 is 5.68. The maximum atomic E-state index is 11.4. The van der Waals surface area contributed by atoms with E-state index >= 15 is 0 Å². The van der Waals surface area contributed by atoms with Crippen molar-refractivity contribution in [2.45, 2.75) is 6.42 Å². The van der Waals surface area contributed by atoms with Crippen LogP contribution in [-0.4, -0.2) is 13.1 Å². The molecule has 0 aliphatic heterocycles. The quantitative estimate of drug-likeness (QED) is 0.804. The molecule has 0 amide bonds. The highest BCUT2D eigenvalue weighted by Gasteiger charge is 2.15. The highest BCUT2D eigenvalue weighted by Crippen LogP contribution is 2.36. The van der Waals surface area contributed by atoms with E-state index in [1.54, 1.807) is 11.3 Å².